The van der Waals surface area contributed by atoms with E-state index in [4.69, 9.17) is 4.74 Å². The molecule has 0 N–H and O–H groups in total. The number of rotatable bonds is 6. The van der Waals surface area contributed by atoms with Crippen molar-refractivity contribution in [2.75, 3.05) is 20.7 Å². The molecule has 0 aliphatic rings. The molecule has 0 aliphatic carbocycles. The number of benzene rings is 2. The molecule has 2 aromatic carbocycles. The molecule has 0 aliphatic heterocycles. The van der Waals surface area contributed by atoms with E-state index in [0.717, 1.165) is 23.2 Å². The van der Waals surface area contributed by atoms with Crippen LogP contribution < -0.4 is 4.74 Å². The molecule has 0 atom stereocenters. The second kappa shape index (κ2) is 7.90. The summed E-state index contributed by atoms with van der Waals surface area (Å²) in [4.78, 5) is 6.04. The molecule has 0 saturated heterocycles. The maximum Gasteiger partial charge on any atom is 0.149 e. The molecular formula is C19H22F2N2O. The maximum absolute atomic E-state index is 14.3. The van der Waals surface area contributed by atoms with Gasteiger partial charge < -0.3 is 9.64 Å². The van der Waals surface area contributed by atoms with Gasteiger partial charge >= 0.3 is 0 Å². The molecule has 0 aromatic heterocycles. The topological polar surface area (TPSA) is 24.8 Å². The summed E-state index contributed by atoms with van der Waals surface area (Å²) in [5.74, 6) is -0.307. The minimum atomic E-state index is -0.389. The van der Waals surface area contributed by atoms with Gasteiger partial charge in [-0.05, 0) is 61.2 Å². The first-order valence-corrected chi connectivity index (χ1v) is 7.79. The molecule has 2 aromatic rings. The van der Waals surface area contributed by atoms with E-state index in [-0.39, 0.29) is 11.6 Å². The standard InChI is InChI=1S/C19H22F2N2O/c1-5-23(3)12-22-19-6-13(2)15(10-18(19)21)7-14-8-16(20)11-17(9-14)24-4/h6,8-12H,5,7H2,1-4H3/b22-12+. The fourth-order valence-corrected chi connectivity index (χ4v) is 2.30. The molecule has 0 spiro atoms. The third-order valence-electron chi connectivity index (χ3n) is 3.86. The van der Waals surface area contributed by atoms with Crippen molar-refractivity contribution in [3.8, 4) is 5.75 Å². The number of ether oxygens (including phenoxy) is 1. The van der Waals surface area contributed by atoms with Gasteiger partial charge in [-0.1, -0.05) is 0 Å². The van der Waals surface area contributed by atoms with Gasteiger partial charge in [-0.3, -0.25) is 0 Å². The van der Waals surface area contributed by atoms with Crippen LogP contribution in [0, 0.1) is 18.6 Å². The van der Waals surface area contributed by atoms with Crippen molar-refractivity contribution in [3.05, 3.63) is 58.7 Å². The minimum Gasteiger partial charge on any atom is -0.497 e. The SMILES string of the molecule is CCN(C)/C=N/c1cc(C)c(Cc2cc(F)cc(OC)c2)cc1F. The van der Waals surface area contributed by atoms with Crippen LogP contribution in [0.4, 0.5) is 14.5 Å². The van der Waals surface area contributed by atoms with E-state index in [9.17, 15) is 8.78 Å². The van der Waals surface area contributed by atoms with E-state index in [2.05, 4.69) is 4.99 Å². The van der Waals surface area contributed by atoms with Crippen LogP contribution >= 0.6 is 0 Å². The second-order valence-corrected chi connectivity index (χ2v) is 5.72. The molecule has 2 rings (SSSR count). The van der Waals surface area contributed by atoms with Gasteiger partial charge in [0.05, 0.1) is 13.4 Å². The van der Waals surface area contributed by atoms with Crippen LogP contribution in [0.25, 0.3) is 0 Å². The van der Waals surface area contributed by atoms with Crippen molar-refractivity contribution in [1.29, 1.82) is 0 Å². The first-order chi connectivity index (χ1) is 11.4. The van der Waals surface area contributed by atoms with E-state index in [1.807, 2.05) is 25.8 Å². The van der Waals surface area contributed by atoms with E-state index < -0.39 is 0 Å². The number of nitrogens with zero attached hydrogens (tertiary/aromatic N) is 2. The lowest BCUT2D eigenvalue weighted by Gasteiger charge is -2.11. The van der Waals surface area contributed by atoms with E-state index >= 15 is 0 Å². The van der Waals surface area contributed by atoms with Crippen molar-refractivity contribution in [3.63, 3.8) is 0 Å². The van der Waals surface area contributed by atoms with Gasteiger partial charge in [-0.2, -0.15) is 0 Å². The molecule has 3 nitrogen and oxygen atoms in total. The molecular weight excluding hydrogens is 310 g/mol. The van der Waals surface area contributed by atoms with Crippen LogP contribution in [-0.4, -0.2) is 31.9 Å². The molecule has 5 heteroatoms. The van der Waals surface area contributed by atoms with Crippen LogP contribution in [0.5, 0.6) is 5.75 Å². The van der Waals surface area contributed by atoms with Crippen LogP contribution in [0.3, 0.4) is 0 Å². The molecule has 0 unspecified atom stereocenters. The summed E-state index contributed by atoms with van der Waals surface area (Å²) in [6.45, 7) is 4.68. The van der Waals surface area contributed by atoms with Crippen LogP contribution in [0.1, 0.15) is 23.6 Å². The smallest absolute Gasteiger partial charge is 0.149 e. The quantitative estimate of drug-likeness (QED) is 0.575. The monoisotopic (exact) mass is 332 g/mol. The third-order valence-corrected chi connectivity index (χ3v) is 3.86. The second-order valence-electron chi connectivity index (χ2n) is 5.72. The molecule has 128 valence electrons. The van der Waals surface area contributed by atoms with Gasteiger partial charge in [0, 0.05) is 19.7 Å². The summed E-state index contributed by atoms with van der Waals surface area (Å²) in [6, 6.07) is 7.68. The van der Waals surface area contributed by atoms with E-state index in [0.29, 0.717) is 17.9 Å². The lowest BCUT2D eigenvalue weighted by molar-refractivity contribution is 0.410. The van der Waals surface area contributed by atoms with Gasteiger partial charge in [0.2, 0.25) is 0 Å². The first-order valence-electron chi connectivity index (χ1n) is 7.79. The summed E-state index contributed by atoms with van der Waals surface area (Å²) in [5, 5.41) is 0. The Morgan fingerprint density at radius 3 is 2.58 bits per heavy atom. The largest absolute Gasteiger partial charge is 0.497 e. The Kier molecular flexibility index (Phi) is 5.90. The molecule has 0 heterocycles. The van der Waals surface area contributed by atoms with Gasteiger partial charge in [0.1, 0.15) is 23.1 Å². The van der Waals surface area contributed by atoms with Crippen LogP contribution in [0.15, 0.2) is 35.3 Å². The summed E-state index contributed by atoms with van der Waals surface area (Å²) in [7, 11) is 3.36. The summed E-state index contributed by atoms with van der Waals surface area (Å²) >= 11 is 0. The number of halogens is 2. The Balaban J connectivity index is 2.28. The molecule has 0 amide bonds. The number of hydrogen-bond acceptors (Lipinski definition) is 2. The van der Waals surface area contributed by atoms with Crippen molar-refractivity contribution in [2.24, 2.45) is 4.99 Å². The summed E-state index contributed by atoms with van der Waals surface area (Å²) in [6.07, 6.45) is 2.03. The van der Waals surface area contributed by atoms with Gasteiger partial charge in [-0.25, -0.2) is 13.8 Å². The lowest BCUT2D eigenvalue weighted by Crippen LogP contribution is -2.14. The predicted octanol–water partition coefficient (Wildman–Crippen LogP) is 4.48. The van der Waals surface area contributed by atoms with Crippen molar-refractivity contribution >= 4 is 12.0 Å². The third kappa shape index (κ3) is 4.54. The van der Waals surface area contributed by atoms with Gasteiger partial charge in [0.25, 0.3) is 0 Å². The fraction of sp³-hybridized carbons (Fsp3) is 0.316. The zero-order valence-corrected chi connectivity index (χ0v) is 14.4. The Bertz CT molecular complexity index is 744. The molecule has 0 bridgehead atoms. The molecule has 0 fully saturated rings. The highest BCUT2D eigenvalue weighted by molar-refractivity contribution is 5.62. The highest BCUT2D eigenvalue weighted by Gasteiger charge is 2.09. The number of aliphatic imine (C=N–C) groups is 1. The molecule has 0 saturated carbocycles. The zero-order chi connectivity index (χ0) is 17.7. The summed E-state index contributed by atoms with van der Waals surface area (Å²) < 4.78 is 32.9. The normalized spacial score (nSPS) is 11.1. The van der Waals surface area contributed by atoms with Gasteiger partial charge in [0.15, 0.2) is 0 Å². The number of methoxy groups -OCH3 is 1. The van der Waals surface area contributed by atoms with Crippen molar-refractivity contribution in [1.82, 2.24) is 4.90 Å². The molecule has 0 radical (unpaired) electrons. The Labute approximate surface area is 141 Å². The zero-order valence-electron chi connectivity index (χ0n) is 14.4. The highest BCUT2D eigenvalue weighted by Crippen LogP contribution is 2.25. The van der Waals surface area contributed by atoms with E-state index in [1.54, 1.807) is 18.5 Å². The lowest BCUT2D eigenvalue weighted by atomic mass is 9.99. The maximum atomic E-state index is 14.3. The average Bonchev–Trinajstić information content (AvgIpc) is 2.55. The molecule has 24 heavy (non-hydrogen) atoms. The Morgan fingerprint density at radius 1 is 1.17 bits per heavy atom. The number of hydrogen-bond donors (Lipinski definition) is 0. The summed E-state index contributed by atoms with van der Waals surface area (Å²) in [5.41, 5.74) is 2.73. The average molecular weight is 332 g/mol. The minimum absolute atomic E-state index is 0.299. The predicted molar refractivity (Wildman–Crippen MR) is 93.4 cm³/mol. The Hall–Kier alpha value is -2.43. The fourth-order valence-electron chi connectivity index (χ4n) is 2.30. The van der Waals surface area contributed by atoms with E-state index in [1.165, 1.54) is 25.3 Å². The number of aryl methyl sites for hydroxylation is 1. The Morgan fingerprint density at radius 2 is 1.92 bits per heavy atom. The van der Waals surface area contributed by atoms with Crippen molar-refractivity contribution < 1.29 is 13.5 Å². The highest BCUT2D eigenvalue weighted by atomic mass is 19.1. The van der Waals surface area contributed by atoms with Crippen molar-refractivity contribution in [2.45, 2.75) is 20.3 Å². The first kappa shape index (κ1) is 17.9. The van der Waals surface area contributed by atoms with Crippen LogP contribution in [-0.2, 0) is 6.42 Å². The van der Waals surface area contributed by atoms with Gasteiger partial charge in [-0.15, -0.1) is 0 Å². The van der Waals surface area contributed by atoms with Crippen LogP contribution in [0.2, 0.25) is 0 Å².